The molecule has 182 valence electrons. The Hall–Kier alpha value is -4.18. The number of fused-ring (bicyclic) bond motifs is 1. The zero-order valence-electron chi connectivity index (χ0n) is 20.1. The number of hydrogen-bond donors (Lipinski definition) is 2. The van der Waals surface area contributed by atoms with Gasteiger partial charge in [0.05, 0.1) is 29.0 Å². The molecule has 2 N–H and O–H groups in total. The maximum absolute atomic E-state index is 12.9. The summed E-state index contributed by atoms with van der Waals surface area (Å²) in [6.45, 7) is 6.22. The minimum Gasteiger partial charge on any atom is -0.310 e. The van der Waals surface area contributed by atoms with Crippen LogP contribution in [0.1, 0.15) is 26.5 Å². The van der Waals surface area contributed by atoms with Gasteiger partial charge in [-0.25, -0.2) is 14.3 Å². The van der Waals surface area contributed by atoms with Gasteiger partial charge in [-0.15, -0.1) is 0 Å². The van der Waals surface area contributed by atoms with Crippen molar-refractivity contribution in [3.8, 4) is 11.4 Å². The number of anilines is 1. The molecular weight excluding hydrogens is 474 g/mol. The molecular formula is C26H25N7O2S. The molecule has 0 aliphatic carbocycles. The molecule has 36 heavy (non-hydrogen) atoms. The summed E-state index contributed by atoms with van der Waals surface area (Å²) < 4.78 is 3.34. The normalized spacial score (nSPS) is 11.6. The molecule has 0 spiro atoms. The standard InChI is InChI=1S/C26H25N7O2S/c1-26(2,3)20-14-21(32(31-20)17-10-6-4-7-11-17)28-22(34)16-36-25-29-23-19(24(35)30-25)15-27-33(23)18-12-8-5-9-13-18/h4-15H,16H2,1-3H3,(H,28,34)(H,29,30,35). The van der Waals surface area contributed by atoms with Crippen molar-refractivity contribution in [3.63, 3.8) is 0 Å². The number of thioether (sulfide) groups is 1. The van der Waals surface area contributed by atoms with Crippen molar-refractivity contribution in [2.24, 2.45) is 0 Å². The predicted octanol–water partition coefficient (Wildman–Crippen LogP) is 4.32. The fraction of sp³-hybridized carbons (Fsp3) is 0.192. The summed E-state index contributed by atoms with van der Waals surface area (Å²) in [5.41, 5.74) is 2.45. The first-order valence-electron chi connectivity index (χ1n) is 11.4. The molecule has 1 amide bonds. The van der Waals surface area contributed by atoms with Crippen molar-refractivity contribution in [3.05, 3.63) is 89.0 Å². The Morgan fingerprint density at radius 2 is 1.64 bits per heavy atom. The Labute approximate surface area is 211 Å². The number of H-pyrrole nitrogens is 1. The van der Waals surface area contributed by atoms with Gasteiger partial charge in [0.1, 0.15) is 11.2 Å². The Morgan fingerprint density at radius 3 is 2.28 bits per heavy atom. The van der Waals surface area contributed by atoms with Crippen LogP contribution in [0.15, 0.2) is 82.9 Å². The molecule has 3 aromatic heterocycles. The Morgan fingerprint density at radius 1 is 1.00 bits per heavy atom. The summed E-state index contributed by atoms with van der Waals surface area (Å²) in [5, 5.41) is 12.7. The van der Waals surface area contributed by atoms with E-state index >= 15 is 0 Å². The number of amides is 1. The van der Waals surface area contributed by atoms with Gasteiger partial charge in [-0.1, -0.05) is 68.9 Å². The van der Waals surface area contributed by atoms with Crippen LogP contribution in [-0.2, 0) is 10.2 Å². The van der Waals surface area contributed by atoms with Gasteiger partial charge < -0.3 is 10.3 Å². The molecule has 0 unspecified atom stereocenters. The van der Waals surface area contributed by atoms with E-state index < -0.39 is 0 Å². The monoisotopic (exact) mass is 499 g/mol. The lowest BCUT2D eigenvalue weighted by molar-refractivity contribution is -0.113. The second-order valence-corrected chi connectivity index (χ2v) is 10.2. The highest BCUT2D eigenvalue weighted by Gasteiger charge is 2.22. The van der Waals surface area contributed by atoms with E-state index in [9.17, 15) is 9.59 Å². The number of hydrogen-bond acceptors (Lipinski definition) is 6. The van der Waals surface area contributed by atoms with Crippen LogP contribution in [-0.4, -0.2) is 41.2 Å². The van der Waals surface area contributed by atoms with Crippen LogP contribution in [0.2, 0.25) is 0 Å². The molecule has 0 radical (unpaired) electrons. The van der Waals surface area contributed by atoms with Crippen molar-refractivity contribution in [2.45, 2.75) is 31.3 Å². The van der Waals surface area contributed by atoms with E-state index in [1.54, 1.807) is 9.36 Å². The average molecular weight is 500 g/mol. The van der Waals surface area contributed by atoms with Gasteiger partial charge in [-0.2, -0.15) is 10.2 Å². The van der Waals surface area contributed by atoms with Gasteiger partial charge in [0, 0.05) is 11.5 Å². The van der Waals surface area contributed by atoms with E-state index in [-0.39, 0.29) is 22.6 Å². The van der Waals surface area contributed by atoms with E-state index in [1.807, 2.05) is 66.7 Å². The molecule has 0 bridgehead atoms. The average Bonchev–Trinajstić information content (AvgIpc) is 3.49. The lowest BCUT2D eigenvalue weighted by Gasteiger charge is -2.14. The number of carbonyl (C=O) groups excluding carboxylic acids is 1. The van der Waals surface area contributed by atoms with Gasteiger partial charge in [0.2, 0.25) is 5.91 Å². The zero-order valence-corrected chi connectivity index (χ0v) is 20.9. The third-order valence-electron chi connectivity index (χ3n) is 5.50. The summed E-state index contributed by atoms with van der Waals surface area (Å²) in [7, 11) is 0. The van der Waals surface area contributed by atoms with E-state index in [4.69, 9.17) is 5.10 Å². The van der Waals surface area contributed by atoms with Crippen LogP contribution in [0.3, 0.4) is 0 Å². The number of nitrogens with one attached hydrogen (secondary N) is 2. The zero-order chi connectivity index (χ0) is 25.3. The number of carbonyl (C=O) groups is 1. The third kappa shape index (κ3) is 4.80. The maximum Gasteiger partial charge on any atom is 0.262 e. The molecule has 0 saturated heterocycles. The maximum atomic E-state index is 12.9. The summed E-state index contributed by atoms with van der Waals surface area (Å²) in [5.74, 6) is 0.395. The molecule has 2 aromatic carbocycles. The summed E-state index contributed by atoms with van der Waals surface area (Å²) in [6.07, 6.45) is 1.49. The summed E-state index contributed by atoms with van der Waals surface area (Å²) in [4.78, 5) is 32.8. The molecule has 5 rings (SSSR count). The Balaban J connectivity index is 1.37. The molecule has 3 heterocycles. The topological polar surface area (TPSA) is 110 Å². The second-order valence-electron chi connectivity index (χ2n) is 9.25. The summed E-state index contributed by atoms with van der Waals surface area (Å²) in [6, 6.07) is 21.0. The fourth-order valence-electron chi connectivity index (χ4n) is 3.64. The van der Waals surface area contributed by atoms with Crippen LogP contribution in [0.4, 0.5) is 5.82 Å². The SMILES string of the molecule is CC(C)(C)c1cc(NC(=O)CSc2nc3c(cnn3-c3ccccc3)c(=O)[nH]2)n(-c2ccccc2)n1. The predicted molar refractivity (Wildman–Crippen MR) is 141 cm³/mol. The smallest absolute Gasteiger partial charge is 0.262 e. The number of aromatic nitrogens is 6. The lowest BCUT2D eigenvalue weighted by Crippen LogP contribution is -2.18. The second kappa shape index (κ2) is 9.46. The molecule has 0 aliphatic heterocycles. The van der Waals surface area contributed by atoms with Gasteiger partial charge >= 0.3 is 0 Å². The minimum atomic E-state index is -0.304. The molecule has 0 atom stereocenters. The number of benzene rings is 2. The van der Waals surface area contributed by atoms with Crippen molar-refractivity contribution < 1.29 is 4.79 Å². The molecule has 0 fully saturated rings. The van der Waals surface area contributed by atoms with E-state index in [1.165, 1.54) is 6.20 Å². The largest absolute Gasteiger partial charge is 0.310 e. The number of para-hydroxylation sites is 2. The Kier molecular flexibility index (Phi) is 6.19. The minimum absolute atomic E-state index is 0.0543. The van der Waals surface area contributed by atoms with Crippen molar-refractivity contribution in [1.82, 2.24) is 29.5 Å². The number of rotatable bonds is 6. The van der Waals surface area contributed by atoms with Gasteiger partial charge in [-0.3, -0.25) is 9.59 Å². The first-order valence-corrected chi connectivity index (χ1v) is 12.4. The van der Waals surface area contributed by atoms with Crippen molar-refractivity contribution in [2.75, 3.05) is 11.1 Å². The molecule has 0 saturated carbocycles. The highest BCUT2D eigenvalue weighted by atomic mass is 32.2. The van der Waals surface area contributed by atoms with Gasteiger partial charge in [0.15, 0.2) is 10.8 Å². The van der Waals surface area contributed by atoms with Crippen LogP contribution < -0.4 is 10.9 Å². The highest BCUT2D eigenvalue weighted by Crippen LogP contribution is 2.26. The van der Waals surface area contributed by atoms with Crippen LogP contribution in [0.25, 0.3) is 22.4 Å². The van der Waals surface area contributed by atoms with Crippen LogP contribution >= 0.6 is 11.8 Å². The quantitative estimate of drug-likeness (QED) is 0.266. The van der Waals surface area contributed by atoms with E-state index in [2.05, 4.69) is 41.2 Å². The van der Waals surface area contributed by atoms with E-state index in [0.717, 1.165) is 28.8 Å². The van der Waals surface area contributed by atoms with Crippen LogP contribution in [0, 0.1) is 0 Å². The Bertz CT molecular complexity index is 1580. The lowest BCUT2D eigenvalue weighted by atomic mass is 9.92. The van der Waals surface area contributed by atoms with Gasteiger partial charge in [0.25, 0.3) is 5.56 Å². The molecule has 5 aromatic rings. The fourth-order valence-corrected chi connectivity index (χ4v) is 4.30. The highest BCUT2D eigenvalue weighted by molar-refractivity contribution is 7.99. The van der Waals surface area contributed by atoms with Crippen molar-refractivity contribution in [1.29, 1.82) is 0 Å². The number of nitrogens with zero attached hydrogens (tertiary/aromatic N) is 5. The third-order valence-corrected chi connectivity index (χ3v) is 6.38. The molecule has 0 aliphatic rings. The van der Waals surface area contributed by atoms with Crippen LogP contribution in [0.5, 0.6) is 0 Å². The summed E-state index contributed by atoms with van der Waals surface area (Å²) >= 11 is 1.15. The number of aromatic amines is 1. The van der Waals surface area contributed by atoms with Crippen molar-refractivity contribution >= 4 is 34.5 Å². The first kappa shape index (κ1) is 23.6. The van der Waals surface area contributed by atoms with E-state index in [0.29, 0.717) is 22.0 Å². The van der Waals surface area contributed by atoms with Gasteiger partial charge in [-0.05, 0) is 24.3 Å². The molecule has 10 heteroatoms. The molecule has 9 nitrogen and oxygen atoms in total. The first-order chi connectivity index (χ1) is 17.3.